The smallest absolute Gasteiger partial charge is 0.231 e. The summed E-state index contributed by atoms with van der Waals surface area (Å²) >= 11 is 0. The Balaban J connectivity index is 1.42. The average Bonchev–Trinajstić information content (AvgIpc) is 3.38. The molecule has 0 aliphatic carbocycles. The van der Waals surface area contributed by atoms with Gasteiger partial charge in [0.15, 0.2) is 5.76 Å². The number of Topliss-reactive ketones (excluding diaryl/α,β-unsaturated/α-hetero) is 1. The lowest BCUT2D eigenvalue weighted by atomic mass is 10.00. The number of hydrogen-bond acceptors (Lipinski definition) is 6. The Kier molecular flexibility index (Phi) is 4.56. The van der Waals surface area contributed by atoms with Crippen LogP contribution in [0.25, 0.3) is 6.08 Å². The second kappa shape index (κ2) is 7.39. The summed E-state index contributed by atoms with van der Waals surface area (Å²) in [4.78, 5) is 15.1. The van der Waals surface area contributed by atoms with Crippen LogP contribution in [0.2, 0.25) is 0 Å². The van der Waals surface area contributed by atoms with Crippen LogP contribution in [0, 0.1) is 6.92 Å². The third kappa shape index (κ3) is 3.25. The van der Waals surface area contributed by atoms with E-state index in [0.29, 0.717) is 36.9 Å². The highest BCUT2D eigenvalue weighted by Gasteiger charge is 2.33. The van der Waals surface area contributed by atoms with Gasteiger partial charge in [0.1, 0.15) is 29.7 Å². The first-order valence-electron chi connectivity index (χ1n) is 9.74. The van der Waals surface area contributed by atoms with Crippen molar-refractivity contribution in [2.24, 2.45) is 0 Å². The van der Waals surface area contributed by atoms with Crippen molar-refractivity contribution in [2.75, 3.05) is 13.8 Å². The third-order valence-electron chi connectivity index (χ3n) is 5.37. The second-order valence-electron chi connectivity index (χ2n) is 7.42. The van der Waals surface area contributed by atoms with Crippen LogP contribution < -0.4 is 14.2 Å². The van der Waals surface area contributed by atoms with Crippen molar-refractivity contribution in [1.29, 1.82) is 0 Å². The molecule has 0 spiro atoms. The topological polar surface area (TPSA) is 61.1 Å². The maximum Gasteiger partial charge on any atom is 0.231 e. The van der Waals surface area contributed by atoms with Crippen LogP contribution in [-0.4, -0.2) is 24.5 Å². The Morgan fingerprint density at radius 3 is 2.73 bits per heavy atom. The van der Waals surface area contributed by atoms with Gasteiger partial charge in [-0.1, -0.05) is 12.1 Å². The largest absolute Gasteiger partial charge is 0.497 e. The van der Waals surface area contributed by atoms with Crippen molar-refractivity contribution in [3.8, 4) is 17.2 Å². The van der Waals surface area contributed by atoms with Crippen LogP contribution in [-0.2, 0) is 13.1 Å². The molecule has 0 saturated carbocycles. The number of ketones is 1. The first-order valence-corrected chi connectivity index (χ1v) is 9.74. The molecule has 0 saturated heterocycles. The Morgan fingerprint density at radius 2 is 2.00 bits per heavy atom. The maximum absolute atomic E-state index is 13.0. The predicted octanol–water partition coefficient (Wildman–Crippen LogP) is 4.56. The molecular formula is C24H21NO5. The molecule has 0 atom stereocenters. The van der Waals surface area contributed by atoms with Crippen LogP contribution in [0.5, 0.6) is 17.2 Å². The molecule has 0 bridgehead atoms. The minimum Gasteiger partial charge on any atom is -0.497 e. The maximum atomic E-state index is 13.0. The van der Waals surface area contributed by atoms with Gasteiger partial charge in [-0.25, -0.2) is 0 Å². The van der Waals surface area contributed by atoms with Crippen molar-refractivity contribution in [3.63, 3.8) is 0 Å². The number of benzene rings is 2. The molecule has 2 aliphatic heterocycles. The zero-order valence-electron chi connectivity index (χ0n) is 16.8. The molecule has 0 radical (unpaired) electrons. The van der Waals surface area contributed by atoms with E-state index in [0.717, 1.165) is 33.9 Å². The molecule has 1 aromatic heterocycles. The van der Waals surface area contributed by atoms with Crippen LogP contribution in [0.1, 0.15) is 32.8 Å². The molecule has 152 valence electrons. The lowest BCUT2D eigenvalue weighted by Gasteiger charge is -2.29. The van der Waals surface area contributed by atoms with Crippen LogP contribution >= 0.6 is 0 Å². The number of ether oxygens (including phenoxy) is 3. The Morgan fingerprint density at radius 1 is 1.17 bits per heavy atom. The summed E-state index contributed by atoms with van der Waals surface area (Å²) in [6.45, 7) is 3.71. The SMILES string of the molecule is COc1ccc(/C=C2\Oc3c(cc4c(c3C)OCN(Cc3ccco3)C4)C2=O)cc1. The molecule has 0 N–H and O–H groups in total. The molecule has 30 heavy (non-hydrogen) atoms. The van der Waals surface area contributed by atoms with E-state index in [9.17, 15) is 4.79 Å². The monoisotopic (exact) mass is 403 g/mol. The highest BCUT2D eigenvalue weighted by atomic mass is 16.5. The second-order valence-corrected chi connectivity index (χ2v) is 7.42. The minimum absolute atomic E-state index is 0.116. The van der Waals surface area contributed by atoms with E-state index in [1.807, 2.05) is 49.4 Å². The number of hydrogen-bond donors (Lipinski definition) is 0. The van der Waals surface area contributed by atoms with Crippen LogP contribution in [0.3, 0.4) is 0 Å². The molecule has 6 heteroatoms. The van der Waals surface area contributed by atoms with Gasteiger partial charge < -0.3 is 18.6 Å². The summed E-state index contributed by atoms with van der Waals surface area (Å²) in [5, 5.41) is 0. The summed E-state index contributed by atoms with van der Waals surface area (Å²) in [5.41, 5.74) is 3.28. The molecule has 2 aliphatic rings. The quantitative estimate of drug-likeness (QED) is 0.595. The van der Waals surface area contributed by atoms with E-state index in [2.05, 4.69) is 4.90 Å². The Labute approximate surface area is 174 Å². The number of furan rings is 1. The molecule has 0 amide bonds. The van der Waals surface area contributed by atoms with Crippen molar-refractivity contribution in [1.82, 2.24) is 4.90 Å². The fourth-order valence-electron chi connectivity index (χ4n) is 3.87. The number of carbonyl (C=O) groups is 1. The van der Waals surface area contributed by atoms with E-state index >= 15 is 0 Å². The molecule has 2 aromatic carbocycles. The first-order chi connectivity index (χ1) is 14.6. The van der Waals surface area contributed by atoms with Gasteiger partial charge >= 0.3 is 0 Å². The van der Waals surface area contributed by atoms with Gasteiger partial charge in [0.05, 0.1) is 25.5 Å². The normalized spacial score (nSPS) is 16.7. The fraction of sp³-hybridized carbons (Fsp3) is 0.208. The first kappa shape index (κ1) is 18.5. The zero-order chi connectivity index (χ0) is 20.7. The average molecular weight is 403 g/mol. The van der Waals surface area contributed by atoms with E-state index in [-0.39, 0.29) is 5.78 Å². The van der Waals surface area contributed by atoms with Crippen LogP contribution in [0.4, 0.5) is 0 Å². The van der Waals surface area contributed by atoms with Crippen LogP contribution in [0.15, 0.2) is 58.9 Å². The van der Waals surface area contributed by atoms with E-state index in [1.165, 1.54) is 0 Å². The number of nitrogens with zero attached hydrogens (tertiary/aromatic N) is 1. The van der Waals surface area contributed by atoms with Crippen molar-refractivity contribution >= 4 is 11.9 Å². The van der Waals surface area contributed by atoms with Gasteiger partial charge in [-0.3, -0.25) is 9.69 Å². The highest BCUT2D eigenvalue weighted by molar-refractivity contribution is 6.15. The van der Waals surface area contributed by atoms with Gasteiger partial charge in [-0.15, -0.1) is 0 Å². The summed E-state index contributed by atoms with van der Waals surface area (Å²) in [7, 11) is 1.62. The van der Waals surface area contributed by atoms with Gasteiger partial charge in [0, 0.05) is 17.7 Å². The molecule has 3 aromatic rings. The van der Waals surface area contributed by atoms with E-state index in [1.54, 1.807) is 19.4 Å². The summed E-state index contributed by atoms with van der Waals surface area (Å²) in [6.07, 6.45) is 3.42. The van der Waals surface area contributed by atoms with Crippen molar-refractivity contribution < 1.29 is 23.4 Å². The number of carbonyl (C=O) groups excluding carboxylic acids is 1. The van der Waals surface area contributed by atoms with E-state index in [4.69, 9.17) is 18.6 Å². The van der Waals surface area contributed by atoms with Crippen molar-refractivity contribution in [2.45, 2.75) is 20.0 Å². The third-order valence-corrected chi connectivity index (χ3v) is 5.37. The summed E-state index contributed by atoms with van der Waals surface area (Å²) < 4.78 is 22.6. The van der Waals surface area contributed by atoms with Gasteiger partial charge in [-0.05, 0) is 48.9 Å². The Hall–Kier alpha value is -3.51. The predicted molar refractivity (Wildman–Crippen MR) is 111 cm³/mol. The zero-order valence-corrected chi connectivity index (χ0v) is 16.8. The number of rotatable bonds is 4. The lowest BCUT2D eigenvalue weighted by Crippen LogP contribution is -2.31. The lowest BCUT2D eigenvalue weighted by molar-refractivity contribution is 0.0813. The standard InChI is InChI=1S/C24H21NO5/c1-15-23-17(12-25(14-29-23)13-19-4-3-9-28-19)11-20-22(26)21(30-24(15)20)10-16-5-7-18(27-2)8-6-16/h3-11H,12-14H2,1-2H3/b21-10-. The molecule has 3 heterocycles. The van der Waals surface area contributed by atoms with Gasteiger partial charge in [0.2, 0.25) is 5.78 Å². The molecule has 5 rings (SSSR count). The van der Waals surface area contributed by atoms with Crippen molar-refractivity contribution in [3.05, 3.63) is 82.5 Å². The fourth-order valence-corrected chi connectivity index (χ4v) is 3.87. The highest BCUT2D eigenvalue weighted by Crippen LogP contribution is 2.43. The molecule has 0 unspecified atom stereocenters. The molecule has 6 nitrogen and oxygen atoms in total. The van der Waals surface area contributed by atoms with Gasteiger partial charge in [-0.2, -0.15) is 0 Å². The summed E-state index contributed by atoms with van der Waals surface area (Å²) in [6, 6.07) is 13.2. The molecule has 0 fully saturated rings. The number of methoxy groups -OCH3 is 1. The minimum atomic E-state index is -0.116. The van der Waals surface area contributed by atoms with E-state index < -0.39 is 0 Å². The Bertz CT molecular complexity index is 1130. The summed E-state index contributed by atoms with van der Waals surface area (Å²) in [5.74, 6) is 3.21. The number of allylic oxidation sites excluding steroid dienone is 1. The van der Waals surface area contributed by atoms with Gasteiger partial charge in [0.25, 0.3) is 0 Å². The number of fused-ring (bicyclic) bond motifs is 2. The molecular weight excluding hydrogens is 382 g/mol.